The van der Waals surface area contributed by atoms with Gasteiger partial charge in [-0.15, -0.1) is 0 Å². The van der Waals surface area contributed by atoms with Crippen LogP contribution in [0.25, 0.3) is 0 Å². The minimum Gasteiger partial charge on any atom is -0.491 e. The normalized spacial score (nSPS) is 15.4. The van der Waals surface area contributed by atoms with E-state index in [1.54, 1.807) is 42.5 Å². The Labute approximate surface area is 169 Å². The molecule has 1 aromatic carbocycles. The molecule has 0 aromatic heterocycles. The number of aliphatic hydroxyl groups is 3. The Morgan fingerprint density at radius 2 is 1.55 bits per heavy atom. The smallest absolute Gasteiger partial charge is 0.303 e. The predicted molar refractivity (Wildman–Crippen MR) is 108 cm³/mol. The number of carboxylic acids is 1. The van der Waals surface area contributed by atoms with Crippen molar-refractivity contribution < 1.29 is 34.3 Å². The van der Waals surface area contributed by atoms with Gasteiger partial charge < -0.3 is 25.2 Å². The number of rotatable bonds is 13. The Morgan fingerprint density at radius 1 is 0.966 bits per heavy atom. The van der Waals surface area contributed by atoms with Gasteiger partial charge in [0.15, 0.2) is 0 Å². The highest BCUT2D eigenvalue weighted by atomic mass is 19.1. The maximum atomic E-state index is 12.8. The van der Waals surface area contributed by atoms with Crippen LogP contribution in [0.15, 0.2) is 72.9 Å². The van der Waals surface area contributed by atoms with Gasteiger partial charge in [-0.3, -0.25) is 4.79 Å². The molecule has 6 nitrogen and oxygen atoms in total. The van der Waals surface area contributed by atoms with Crippen molar-refractivity contribution >= 4 is 5.97 Å². The number of halogens is 1. The number of allylic oxidation sites excluding steroid dienone is 6. The van der Waals surface area contributed by atoms with Gasteiger partial charge in [0.2, 0.25) is 0 Å². The van der Waals surface area contributed by atoms with Crippen LogP contribution in [0.5, 0.6) is 5.75 Å². The lowest BCUT2D eigenvalue weighted by molar-refractivity contribution is -0.137. The predicted octanol–water partition coefficient (Wildman–Crippen LogP) is 2.77. The van der Waals surface area contributed by atoms with E-state index in [1.807, 2.05) is 0 Å². The first-order chi connectivity index (χ1) is 13.9. The Balaban J connectivity index is 2.24. The molecule has 29 heavy (non-hydrogen) atoms. The zero-order valence-corrected chi connectivity index (χ0v) is 16.0. The van der Waals surface area contributed by atoms with Crippen LogP contribution in [0.1, 0.15) is 19.3 Å². The topological polar surface area (TPSA) is 107 Å². The van der Waals surface area contributed by atoms with E-state index in [9.17, 15) is 24.5 Å². The molecule has 7 heteroatoms. The van der Waals surface area contributed by atoms with Crippen LogP contribution in [0, 0.1) is 5.82 Å². The first-order valence-electron chi connectivity index (χ1n) is 9.21. The molecule has 0 spiro atoms. The van der Waals surface area contributed by atoms with Crippen LogP contribution in [0.4, 0.5) is 4.39 Å². The number of aliphatic carboxylic acids is 1. The van der Waals surface area contributed by atoms with Gasteiger partial charge in [0.25, 0.3) is 0 Å². The van der Waals surface area contributed by atoms with Gasteiger partial charge in [0, 0.05) is 6.42 Å². The monoisotopic (exact) mass is 406 g/mol. The second kappa shape index (κ2) is 14.3. The summed E-state index contributed by atoms with van der Waals surface area (Å²) in [6, 6.07) is 5.52. The Morgan fingerprint density at radius 3 is 2.17 bits per heavy atom. The summed E-state index contributed by atoms with van der Waals surface area (Å²) in [5.74, 6) is -0.815. The lowest BCUT2D eigenvalue weighted by Gasteiger charge is -2.13. The molecule has 0 bridgehead atoms. The van der Waals surface area contributed by atoms with Crippen molar-refractivity contribution in [3.8, 4) is 5.75 Å². The number of benzene rings is 1. The molecule has 0 fully saturated rings. The van der Waals surface area contributed by atoms with E-state index in [4.69, 9.17) is 9.84 Å². The van der Waals surface area contributed by atoms with E-state index in [1.165, 1.54) is 30.3 Å². The van der Waals surface area contributed by atoms with Gasteiger partial charge in [0.1, 0.15) is 24.3 Å². The molecule has 0 unspecified atom stereocenters. The molecule has 0 amide bonds. The third-order valence-electron chi connectivity index (χ3n) is 3.72. The summed E-state index contributed by atoms with van der Waals surface area (Å²) in [5, 5.41) is 37.7. The van der Waals surface area contributed by atoms with E-state index < -0.39 is 24.3 Å². The number of carboxylic acid groups (broad SMARTS) is 1. The molecule has 1 aromatic rings. The fraction of sp³-hybridized carbons (Fsp3) is 0.318. The highest BCUT2D eigenvalue weighted by molar-refractivity contribution is 5.66. The van der Waals surface area contributed by atoms with Crippen LogP contribution in [0.3, 0.4) is 0 Å². The molecule has 0 aliphatic rings. The lowest BCUT2D eigenvalue weighted by atomic mass is 10.1. The van der Waals surface area contributed by atoms with Gasteiger partial charge in [-0.2, -0.15) is 0 Å². The molecule has 0 radical (unpaired) electrons. The molecule has 1 rings (SSSR count). The Hall–Kier alpha value is -2.74. The van der Waals surface area contributed by atoms with Crippen LogP contribution in [-0.4, -0.2) is 51.3 Å². The van der Waals surface area contributed by atoms with Gasteiger partial charge >= 0.3 is 5.97 Å². The summed E-state index contributed by atoms with van der Waals surface area (Å²) in [6.45, 7) is 0.0429. The SMILES string of the molecule is O=C(O)CCC[C@H](O)[C@H](O)/C=C/C=C/C=C\C=C\[C@@H](O)COc1ccc(F)cc1. The van der Waals surface area contributed by atoms with Crippen molar-refractivity contribution in [1.82, 2.24) is 0 Å². The highest BCUT2D eigenvalue weighted by Crippen LogP contribution is 2.11. The fourth-order valence-corrected chi connectivity index (χ4v) is 2.16. The minimum absolute atomic E-state index is 0.0429. The molecule has 3 atom stereocenters. The maximum Gasteiger partial charge on any atom is 0.303 e. The largest absolute Gasteiger partial charge is 0.491 e. The quantitative estimate of drug-likeness (QED) is 0.375. The van der Waals surface area contributed by atoms with Crippen molar-refractivity contribution in [3.05, 3.63) is 78.7 Å². The number of aliphatic hydroxyl groups excluding tert-OH is 3. The third kappa shape index (κ3) is 12.4. The summed E-state index contributed by atoms with van der Waals surface area (Å²) in [7, 11) is 0. The Bertz CT molecular complexity index is 709. The second-order valence-corrected chi connectivity index (χ2v) is 6.22. The van der Waals surface area contributed by atoms with Crippen LogP contribution >= 0.6 is 0 Å². The van der Waals surface area contributed by atoms with Crippen LogP contribution in [-0.2, 0) is 4.79 Å². The minimum atomic E-state index is -1.06. The van der Waals surface area contributed by atoms with Crippen LogP contribution in [0.2, 0.25) is 0 Å². The zero-order chi connectivity index (χ0) is 21.5. The molecule has 0 heterocycles. The van der Waals surface area contributed by atoms with Crippen molar-refractivity contribution in [2.45, 2.75) is 37.6 Å². The molecular weight excluding hydrogens is 379 g/mol. The summed E-state index contributed by atoms with van der Waals surface area (Å²) in [4.78, 5) is 10.4. The van der Waals surface area contributed by atoms with Gasteiger partial charge in [0.05, 0.1) is 12.2 Å². The van der Waals surface area contributed by atoms with Gasteiger partial charge in [-0.25, -0.2) is 4.39 Å². The number of carbonyl (C=O) groups is 1. The summed E-state index contributed by atoms with van der Waals surface area (Å²) in [6.07, 6.45) is 10.5. The summed E-state index contributed by atoms with van der Waals surface area (Å²) >= 11 is 0. The van der Waals surface area contributed by atoms with E-state index in [0.29, 0.717) is 12.2 Å². The molecule has 0 saturated heterocycles. The fourth-order valence-electron chi connectivity index (χ4n) is 2.16. The number of hydrogen-bond acceptors (Lipinski definition) is 5. The third-order valence-corrected chi connectivity index (χ3v) is 3.72. The molecule has 0 saturated carbocycles. The van der Waals surface area contributed by atoms with E-state index in [-0.39, 0.29) is 25.3 Å². The molecular formula is C22H27FO6. The van der Waals surface area contributed by atoms with Gasteiger partial charge in [-0.1, -0.05) is 48.6 Å². The summed E-state index contributed by atoms with van der Waals surface area (Å²) < 4.78 is 18.1. The molecule has 0 aliphatic heterocycles. The van der Waals surface area contributed by atoms with Crippen molar-refractivity contribution in [3.63, 3.8) is 0 Å². The lowest BCUT2D eigenvalue weighted by Crippen LogP contribution is -2.23. The van der Waals surface area contributed by atoms with E-state index in [0.717, 1.165) is 0 Å². The second-order valence-electron chi connectivity index (χ2n) is 6.22. The maximum absolute atomic E-state index is 12.8. The standard InChI is InChI=1S/C22H27FO6/c23-17-12-14-19(15-13-17)29-16-18(24)8-5-3-1-2-4-6-9-20(25)21(26)10-7-11-22(27)28/h1-6,8-9,12-15,18,20-21,24-26H,7,10-11,16H2,(H,27,28)/b3-1-,4-2+,8-5+,9-6+/t18-,20-,21+/m1/s1. The molecule has 4 N–H and O–H groups in total. The van der Waals surface area contributed by atoms with E-state index >= 15 is 0 Å². The first kappa shape index (κ1) is 24.3. The number of ether oxygens (including phenoxy) is 1. The van der Waals surface area contributed by atoms with Crippen molar-refractivity contribution in [2.24, 2.45) is 0 Å². The molecule has 0 aliphatic carbocycles. The summed E-state index contributed by atoms with van der Waals surface area (Å²) in [5.41, 5.74) is 0. The zero-order valence-electron chi connectivity index (χ0n) is 16.0. The average molecular weight is 406 g/mol. The van der Waals surface area contributed by atoms with E-state index in [2.05, 4.69) is 0 Å². The van der Waals surface area contributed by atoms with Gasteiger partial charge in [-0.05, 0) is 37.1 Å². The molecule has 158 valence electrons. The number of hydrogen-bond donors (Lipinski definition) is 4. The van der Waals surface area contributed by atoms with Crippen molar-refractivity contribution in [1.29, 1.82) is 0 Å². The first-order valence-corrected chi connectivity index (χ1v) is 9.21. The van der Waals surface area contributed by atoms with Crippen molar-refractivity contribution in [2.75, 3.05) is 6.61 Å². The average Bonchev–Trinajstić information content (AvgIpc) is 2.69. The Kier molecular flexibility index (Phi) is 12.0. The van der Waals surface area contributed by atoms with Crippen LogP contribution < -0.4 is 4.74 Å². The highest BCUT2D eigenvalue weighted by Gasteiger charge is 2.12.